The molecule has 0 saturated carbocycles. The fourth-order valence-corrected chi connectivity index (χ4v) is 1.03. The standard InChI is InChI=1S/C10H15N3O/c1-8(11)6-13-10(14)5-9-3-2-4-12-7-9/h2-4,7-8H,5-6,11H2,1H3,(H,13,14)/t8-/m1/s1. The molecule has 1 heterocycles. The van der Waals surface area contributed by atoms with Crippen LogP contribution in [0.25, 0.3) is 0 Å². The Labute approximate surface area is 83.5 Å². The first-order valence-electron chi connectivity index (χ1n) is 4.59. The van der Waals surface area contributed by atoms with Crippen LogP contribution in [0.5, 0.6) is 0 Å². The summed E-state index contributed by atoms with van der Waals surface area (Å²) in [5, 5.41) is 2.74. The van der Waals surface area contributed by atoms with Gasteiger partial charge in [-0.2, -0.15) is 0 Å². The van der Waals surface area contributed by atoms with E-state index in [1.165, 1.54) is 0 Å². The summed E-state index contributed by atoms with van der Waals surface area (Å²) in [7, 11) is 0. The van der Waals surface area contributed by atoms with Crippen molar-refractivity contribution in [1.29, 1.82) is 0 Å². The molecule has 0 bridgehead atoms. The van der Waals surface area contributed by atoms with Gasteiger partial charge in [0, 0.05) is 25.0 Å². The maximum absolute atomic E-state index is 11.3. The molecule has 14 heavy (non-hydrogen) atoms. The Hall–Kier alpha value is -1.42. The molecule has 0 aromatic carbocycles. The molecule has 3 N–H and O–H groups in total. The molecule has 0 spiro atoms. The summed E-state index contributed by atoms with van der Waals surface area (Å²) in [6.07, 6.45) is 3.73. The van der Waals surface area contributed by atoms with Crippen LogP contribution in [-0.4, -0.2) is 23.5 Å². The number of amides is 1. The highest BCUT2D eigenvalue weighted by molar-refractivity contribution is 5.78. The van der Waals surface area contributed by atoms with Gasteiger partial charge in [0.15, 0.2) is 0 Å². The Morgan fingerprint density at radius 1 is 1.71 bits per heavy atom. The lowest BCUT2D eigenvalue weighted by Crippen LogP contribution is -2.35. The van der Waals surface area contributed by atoms with Crippen LogP contribution in [0.1, 0.15) is 12.5 Å². The quantitative estimate of drug-likeness (QED) is 0.712. The maximum atomic E-state index is 11.3. The van der Waals surface area contributed by atoms with Gasteiger partial charge in [-0.25, -0.2) is 0 Å². The van der Waals surface area contributed by atoms with Crippen LogP contribution in [0.15, 0.2) is 24.5 Å². The first-order valence-corrected chi connectivity index (χ1v) is 4.59. The van der Waals surface area contributed by atoms with Crippen molar-refractivity contribution in [3.63, 3.8) is 0 Å². The summed E-state index contributed by atoms with van der Waals surface area (Å²) in [5.74, 6) is -0.0182. The Bertz CT molecular complexity index is 285. The summed E-state index contributed by atoms with van der Waals surface area (Å²) in [4.78, 5) is 15.3. The highest BCUT2D eigenvalue weighted by Crippen LogP contribution is 1.96. The molecule has 0 aliphatic carbocycles. The van der Waals surface area contributed by atoms with Crippen LogP contribution in [0.2, 0.25) is 0 Å². The van der Waals surface area contributed by atoms with E-state index >= 15 is 0 Å². The second-order valence-electron chi connectivity index (χ2n) is 3.32. The highest BCUT2D eigenvalue weighted by Gasteiger charge is 2.03. The number of rotatable bonds is 4. The number of aromatic nitrogens is 1. The molecule has 4 nitrogen and oxygen atoms in total. The van der Waals surface area contributed by atoms with E-state index in [2.05, 4.69) is 10.3 Å². The van der Waals surface area contributed by atoms with Crippen LogP contribution in [0.4, 0.5) is 0 Å². The van der Waals surface area contributed by atoms with Crippen molar-refractivity contribution >= 4 is 5.91 Å². The van der Waals surface area contributed by atoms with Gasteiger partial charge in [0.1, 0.15) is 0 Å². The summed E-state index contributed by atoms with van der Waals surface area (Å²) >= 11 is 0. The van der Waals surface area contributed by atoms with E-state index in [-0.39, 0.29) is 11.9 Å². The number of carbonyl (C=O) groups excluding carboxylic acids is 1. The summed E-state index contributed by atoms with van der Waals surface area (Å²) < 4.78 is 0. The summed E-state index contributed by atoms with van der Waals surface area (Å²) in [6.45, 7) is 2.36. The fourth-order valence-electron chi connectivity index (χ4n) is 1.03. The Morgan fingerprint density at radius 2 is 2.50 bits per heavy atom. The topological polar surface area (TPSA) is 68.0 Å². The predicted molar refractivity (Wildman–Crippen MR) is 54.6 cm³/mol. The molecule has 76 valence electrons. The van der Waals surface area contributed by atoms with E-state index in [4.69, 9.17) is 5.73 Å². The van der Waals surface area contributed by atoms with Gasteiger partial charge in [-0.15, -0.1) is 0 Å². The molecule has 1 atom stereocenters. The van der Waals surface area contributed by atoms with Crippen LogP contribution in [0, 0.1) is 0 Å². The van der Waals surface area contributed by atoms with Crippen LogP contribution in [0.3, 0.4) is 0 Å². The van der Waals surface area contributed by atoms with Crippen molar-refractivity contribution in [2.45, 2.75) is 19.4 Å². The average Bonchev–Trinajstić information content (AvgIpc) is 2.16. The highest BCUT2D eigenvalue weighted by atomic mass is 16.1. The molecule has 0 radical (unpaired) electrons. The molecule has 0 saturated heterocycles. The van der Waals surface area contributed by atoms with Crippen LogP contribution < -0.4 is 11.1 Å². The number of carbonyl (C=O) groups is 1. The molecule has 1 aromatic rings. The molecule has 0 fully saturated rings. The van der Waals surface area contributed by atoms with Crippen molar-refractivity contribution in [2.24, 2.45) is 5.73 Å². The second kappa shape index (κ2) is 5.34. The number of hydrogen-bond donors (Lipinski definition) is 2. The predicted octanol–water partition coefficient (Wildman–Crippen LogP) is 0.0875. The number of hydrogen-bond acceptors (Lipinski definition) is 3. The Morgan fingerprint density at radius 3 is 3.07 bits per heavy atom. The van der Waals surface area contributed by atoms with E-state index in [9.17, 15) is 4.79 Å². The minimum Gasteiger partial charge on any atom is -0.354 e. The molecule has 1 rings (SSSR count). The van der Waals surface area contributed by atoms with E-state index in [0.717, 1.165) is 5.56 Å². The zero-order chi connectivity index (χ0) is 10.4. The first kappa shape index (κ1) is 10.7. The van der Waals surface area contributed by atoms with Gasteiger partial charge in [-0.1, -0.05) is 6.07 Å². The normalized spacial score (nSPS) is 12.1. The third kappa shape index (κ3) is 4.00. The van der Waals surface area contributed by atoms with Gasteiger partial charge in [0.25, 0.3) is 0 Å². The minimum absolute atomic E-state index is 0.00662. The van der Waals surface area contributed by atoms with Gasteiger partial charge >= 0.3 is 0 Å². The largest absolute Gasteiger partial charge is 0.354 e. The molecule has 1 amide bonds. The van der Waals surface area contributed by atoms with Crippen molar-refractivity contribution in [3.05, 3.63) is 30.1 Å². The lowest BCUT2D eigenvalue weighted by atomic mass is 10.2. The number of nitrogens with two attached hydrogens (primary N) is 1. The van der Waals surface area contributed by atoms with Crippen molar-refractivity contribution < 1.29 is 4.79 Å². The minimum atomic E-state index is -0.0182. The van der Waals surface area contributed by atoms with Gasteiger partial charge in [0.2, 0.25) is 5.91 Å². The van der Waals surface area contributed by atoms with E-state index in [1.807, 2.05) is 19.1 Å². The number of pyridine rings is 1. The number of nitrogens with one attached hydrogen (secondary N) is 1. The fraction of sp³-hybridized carbons (Fsp3) is 0.400. The first-order chi connectivity index (χ1) is 6.68. The third-order valence-corrected chi connectivity index (χ3v) is 1.71. The second-order valence-corrected chi connectivity index (χ2v) is 3.32. The lowest BCUT2D eigenvalue weighted by Gasteiger charge is -2.07. The van der Waals surface area contributed by atoms with E-state index < -0.39 is 0 Å². The van der Waals surface area contributed by atoms with Gasteiger partial charge in [0.05, 0.1) is 6.42 Å². The van der Waals surface area contributed by atoms with Gasteiger partial charge in [-0.3, -0.25) is 9.78 Å². The molecule has 1 aromatic heterocycles. The molecule has 4 heteroatoms. The third-order valence-electron chi connectivity index (χ3n) is 1.71. The molecule has 0 unspecified atom stereocenters. The van der Waals surface area contributed by atoms with Gasteiger partial charge in [-0.05, 0) is 18.6 Å². The van der Waals surface area contributed by atoms with Gasteiger partial charge < -0.3 is 11.1 Å². The monoisotopic (exact) mass is 193 g/mol. The maximum Gasteiger partial charge on any atom is 0.224 e. The molecular weight excluding hydrogens is 178 g/mol. The van der Waals surface area contributed by atoms with E-state index in [1.54, 1.807) is 12.4 Å². The zero-order valence-corrected chi connectivity index (χ0v) is 8.23. The van der Waals surface area contributed by atoms with Crippen molar-refractivity contribution in [1.82, 2.24) is 10.3 Å². The SMILES string of the molecule is C[C@@H](N)CNC(=O)Cc1cccnc1. The van der Waals surface area contributed by atoms with Crippen molar-refractivity contribution in [3.8, 4) is 0 Å². The molecular formula is C10H15N3O. The Balaban J connectivity index is 2.35. The van der Waals surface area contributed by atoms with Crippen LogP contribution in [-0.2, 0) is 11.2 Å². The smallest absolute Gasteiger partial charge is 0.224 e. The lowest BCUT2D eigenvalue weighted by molar-refractivity contribution is -0.120. The van der Waals surface area contributed by atoms with Crippen molar-refractivity contribution in [2.75, 3.05) is 6.54 Å². The summed E-state index contributed by atoms with van der Waals surface area (Å²) in [6, 6.07) is 3.68. The Kier molecular flexibility index (Phi) is 4.07. The number of nitrogens with zero attached hydrogens (tertiary/aromatic N) is 1. The average molecular weight is 193 g/mol. The van der Waals surface area contributed by atoms with Crippen LogP contribution >= 0.6 is 0 Å². The summed E-state index contributed by atoms with van der Waals surface area (Å²) in [5.41, 5.74) is 6.42. The molecule has 0 aliphatic rings. The van der Waals surface area contributed by atoms with E-state index in [0.29, 0.717) is 13.0 Å². The zero-order valence-electron chi connectivity index (χ0n) is 8.23. The molecule has 0 aliphatic heterocycles.